The van der Waals surface area contributed by atoms with E-state index in [1.54, 1.807) is 12.1 Å². The molecule has 0 aliphatic rings. The minimum absolute atomic E-state index is 0.0652. The van der Waals surface area contributed by atoms with Crippen molar-refractivity contribution < 1.29 is 10.0 Å². The van der Waals surface area contributed by atoms with E-state index in [0.717, 1.165) is 10.0 Å². The molecular formula is C15H15BrN2O3. The molecule has 0 saturated carbocycles. The first-order chi connectivity index (χ1) is 10.1. The third kappa shape index (κ3) is 4.10. The molecule has 0 spiro atoms. The standard InChI is InChI=1S/C15H15BrN2O3/c16-13-6-7-15(18(20)21)12(8-13)9-17-14(10-19)11-4-2-1-3-5-11/h1-8,14,17,19H,9-10H2/t14-/m0/s1. The fourth-order valence-corrected chi connectivity index (χ4v) is 2.49. The molecule has 6 heteroatoms. The fourth-order valence-electron chi connectivity index (χ4n) is 2.08. The van der Waals surface area contributed by atoms with Gasteiger partial charge in [-0.1, -0.05) is 46.3 Å². The molecule has 5 nitrogen and oxygen atoms in total. The van der Waals surface area contributed by atoms with Crippen molar-refractivity contribution >= 4 is 21.6 Å². The molecule has 0 unspecified atom stereocenters. The van der Waals surface area contributed by atoms with Gasteiger partial charge in [-0.25, -0.2) is 0 Å². The highest BCUT2D eigenvalue weighted by atomic mass is 79.9. The highest BCUT2D eigenvalue weighted by Gasteiger charge is 2.16. The summed E-state index contributed by atoms with van der Waals surface area (Å²) in [6.07, 6.45) is 0. The summed E-state index contributed by atoms with van der Waals surface area (Å²) >= 11 is 3.31. The summed E-state index contributed by atoms with van der Waals surface area (Å²) in [4.78, 5) is 10.6. The lowest BCUT2D eigenvalue weighted by Gasteiger charge is -2.16. The molecule has 0 aliphatic carbocycles. The molecule has 1 atom stereocenters. The number of nitrogens with one attached hydrogen (secondary N) is 1. The Morgan fingerprint density at radius 1 is 1.24 bits per heavy atom. The van der Waals surface area contributed by atoms with Gasteiger partial charge in [0.05, 0.1) is 17.6 Å². The molecule has 2 rings (SSSR count). The molecule has 0 bridgehead atoms. The van der Waals surface area contributed by atoms with E-state index >= 15 is 0 Å². The van der Waals surface area contributed by atoms with Crippen LogP contribution in [0.3, 0.4) is 0 Å². The van der Waals surface area contributed by atoms with E-state index in [4.69, 9.17) is 0 Å². The summed E-state index contributed by atoms with van der Waals surface area (Å²) in [7, 11) is 0. The zero-order valence-corrected chi connectivity index (χ0v) is 12.8. The van der Waals surface area contributed by atoms with Crippen molar-refractivity contribution in [1.29, 1.82) is 0 Å². The highest BCUT2D eigenvalue weighted by molar-refractivity contribution is 9.10. The van der Waals surface area contributed by atoms with Crippen molar-refractivity contribution in [2.45, 2.75) is 12.6 Å². The first-order valence-electron chi connectivity index (χ1n) is 6.44. The van der Waals surface area contributed by atoms with Crippen LogP contribution in [0.5, 0.6) is 0 Å². The van der Waals surface area contributed by atoms with Crippen LogP contribution in [-0.2, 0) is 6.54 Å². The van der Waals surface area contributed by atoms with E-state index in [2.05, 4.69) is 21.2 Å². The zero-order valence-electron chi connectivity index (χ0n) is 11.2. The average molecular weight is 351 g/mol. The van der Waals surface area contributed by atoms with Crippen molar-refractivity contribution in [3.63, 3.8) is 0 Å². The van der Waals surface area contributed by atoms with Gasteiger partial charge in [-0.15, -0.1) is 0 Å². The lowest BCUT2D eigenvalue weighted by atomic mass is 10.1. The van der Waals surface area contributed by atoms with Gasteiger partial charge >= 0.3 is 0 Å². The summed E-state index contributed by atoms with van der Waals surface area (Å²) < 4.78 is 0.783. The Morgan fingerprint density at radius 3 is 2.57 bits per heavy atom. The van der Waals surface area contributed by atoms with Crippen molar-refractivity contribution in [1.82, 2.24) is 5.32 Å². The second kappa shape index (κ2) is 7.31. The quantitative estimate of drug-likeness (QED) is 0.619. The molecule has 0 fully saturated rings. The molecule has 0 saturated heterocycles. The van der Waals surface area contributed by atoms with Crippen LogP contribution in [0.4, 0.5) is 5.69 Å². The van der Waals surface area contributed by atoms with Gasteiger partial charge in [0, 0.05) is 22.6 Å². The van der Waals surface area contributed by atoms with Crippen molar-refractivity contribution in [2.24, 2.45) is 0 Å². The van der Waals surface area contributed by atoms with Gasteiger partial charge in [0.2, 0.25) is 0 Å². The highest BCUT2D eigenvalue weighted by Crippen LogP contribution is 2.24. The second-order valence-electron chi connectivity index (χ2n) is 4.56. The van der Waals surface area contributed by atoms with Gasteiger partial charge in [0.25, 0.3) is 5.69 Å². The Morgan fingerprint density at radius 2 is 1.95 bits per heavy atom. The Balaban J connectivity index is 2.15. The Kier molecular flexibility index (Phi) is 5.44. The van der Waals surface area contributed by atoms with Crippen LogP contribution in [0.15, 0.2) is 53.0 Å². The molecule has 0 amide bonds. The van der Waals surface area contributed by atoms with Crippen molar-refractivity contribution in [3.05, 3.63) is 74.2 Å². The predicted octanol–water partition coefficient (Wildman–Crippen LogP) is 3.18. The van der Waals surface area contributed by atoms with E-state index in [-0.39, 0.29) is 18.3 Å². The number of halogens is 1. The molecule has 2 N–H and O–H groups in total. The van der Waals surface area contributed by atoms with E-state index < -0.39 is 4.92 Å². The Bertz CT molecular complexity index is 620. The third-order valence-corrected chi connectivity index (χ3v) is 3.65. The smallest absolute Gasteiger partial charge is 0.273 e. The van der Waals surface area contributed by atoms with Crippen LogP contribution in [0.25, 0.3) is 0 Å². The Labute approximate surface area is 130 Å². The van der Waals surface area contributed by atoms with Gasteiger partial charge in [-0.2, -0.15) is 0 Å². The summed E-state index contributed by atoms with van der Waals surface area (Å²) in [5.41, 5.74) is 1.58. The van der Waals surface area contributed by atoms with Crippen molar-refractivity contribution in [3.8, 4) is 0 Å². The molecule has 2 aromatic rings. The van der Waals surface area contributed by atoms with Crippen LogP contribution in [0.1, 0.15) is 17.2 Å². The summed E-state index contributed by atoms with van der Waals surface area (Å²) in [5.74, 6) is 0. The third-order valence-electron chi connectivity index (χ3n) is 3.16. The number of nitro benzene ring substituents is 1. The lowest BCUT2D eigenvalue weighted by Crippen LogP contribution is -2.24. The molecule has 0 heterocycles. The van der Waals surface area contributed by atoms with Crippen LogP contribution in [-0.4, -0.2) is 16.6 Å². The van der Waals surface area contributed by atoms with Gasteiger partial charge in [0.15, 0.2) is 0 Å². The number of nitro groups is 1. The molecule has 2 aromatic carbocycles. The number of hydrogen-bond acceptors (Lipinski definition) is 4. The summed E-state index contributed by atoms with van der Waals surface area (Å²) in [6, 6.07) is 14.1. The molecule has 21 heavy (non-hydrogen) atoms. The zero-order chi connectivity index (χ0) is 15.2. The van der Waals surface area contributed by atoms with Gasteiger partial charge in [0.1, 0.15) is 0 Å². The van der Waals surface area contributed by atoms with Crippen LogP contribution >= 0.6 is 15.9 Å². The second-order valence-corrected chi connectivity index (χ2v) is 5.47. The van der Waals surface area contributed by atoms with Gasteiger partial charge in [-0.05, 0) is 17.7 Å². The largest absolute Gasteiger partial charge is 0.394 e. The number of aliphatic hydroxyl groups excluding tert-OH is 1. The predicted molar refractivity (Wildman–Crippen MR) is 83.9 cm³/mol. The van der Waals surface area contributed by atoms with E-state index in [1.165, 1.54) is 6.07 Å². The fraction of sp³-hybridized carbons (Fsp3) is 0.200. The maximum absolute atomic E-state index is 11.0. The number of aliphatic hydroxyl groups is 1. The first-order valence-corrected chi connectivity index (χ1v) is 7.23. The van der Waals surface area contributed by atoms with E-state index in [1.807, 2.05) is 30.3 Å². The number of rotatable bonds is 6. The molecule has 0 radical (unpaired) electrons. The number of benzene rings is 2. The van der Waals surface area contributed by atoms with Gasteiger partial charge < -0.3 is 10.4 Å². The number of hydrogen-bond donors (Lipinski definition) is 2. The summed E-state index contributed by atoms with van der Waals surface area (Å²) in [6.45, 7) is 0.224. The SMILES string of the molecule is O=[N+]([O-])c1ccc(Br)cc1CN[C@@H](CO)c1ccccc1. The van der Waals surface area contributed by atoms with Crippen LogP contribution in [0, 0.1) is 10.1 Å². The molecule has 110 valence electrons. The average Bonchev–Trinajstić information content (AvgIpc) is 2.48. The Hall–Kier alpha value is -1.76. The van der Waals surface area contributed by atoms with E-state index in [0.29, 0.717) is 12.1 Å². The van der Waals surface area contributed by atoms with Crippen molar-refractivity contribution in [2.75, 3.05) is 6.61 Å². The maximum atomic E-state index is 11.0. The van der Waals surface area contributed by atoms with E-state index in [9.17, 15) is 15.2 Å². The van der Waals surface area contributed by atoms with Crippen LogP contribution in [0.2, 0.25) is 0 Å². The first kappa shape index (κ1) is 15.6. The topological polar surface area (TPSA) is 75.4 Å². The minimum atomic E-state index is -0.403. The van der Waals surface area contributed by atoms with Crippen LogP contribution < -0.4 is 5.32 Å². The molecule has 0 aliphatic heterocycles. The normalized spacial score (nSPS) is 12.1. The lowest BCUT2D eigenvalue weighted by molar-refractivity contribution is -0.385. The number of nitrogens with zero attached hydrogens (tertiary/aromatic N) is 1. The maximum Gasteiger partial charge on any atom is 0.273 e. The molecular weight excluding hydrogens is 336 g/mol. The van der Waals surface area contributed by atoms with Gasteiger partial charge in [-0.3, -0.25) is 10.1 Å². The monoisotopic (exact) mass is 350 g/mol. The summed E-state index contributed by atoms with van der Waals surface area (Å²) in [5, 5.41) is 23.7. The minimum Gasteiger partial charge on any atom is -0.394 e. The molecule has 0 aromatic heterocycles.